The lowest BCUT2D eigenvalue weighted by Crippen LogP contribution is -2.29. The van der Waals surface area contributed by atoms with Crippen LogP contribution in [0.4, 0.5) is 0 Å². The Balaban J connectivity index is 2.33. The standard InChI is InChI=1S/C17H24ClN2O4P/c1-19-25(21,22)20(2)11-13(18)9-12-10-16(23-3)14-7-5-6-8-15(14)17(12)24-4/h5-8,10,13H,9,11H2,1-4H3,(H2,19,21,22). The number of fused-ring (bicyclic) bond motifs is 1. The summed E-state index contributed by atoms with van der Waals surface area (Å²) in [5.41, 5.74) is 0.892. The molecule has 25 heavy (non-hydrogen) atoms. The van der Waals surface area contributed by atoms with Crippen molar-refractivity contribution >= 4 is 30.0 Å². The third kappa shape index (κ3) is 4.46. The summed E-state index contributed by atoms with van der Waals surface area (Å²) in [6, 6.07) is 9.74. The summed E-state index contributed by atoms with van der Waals surface area (Å²) in [7, 11) is 2.69. The lowest BCUT2D eigenvalue weighted by molar-refractivity contribution is 0.368. The molecule has 0 saturated carbocycles. The predicted molar refractivity (Wildman–Crippen MR) is 102 cm³/mol. The number of nitrogens with zero attached hydrogens (tertiary/aromatic N) is 1. The fraction of sp³-hybridized carbons (Fsp3) is 0.412. The first-order chi connectivity index (χ1) is 11.8. The van der Waals surface area contributed by atoms with Gasteiger partial charge in [-0.25, -0.2) is 9.76 Å². The lowest BCUT2D eigenvalue weighted by Gasteiger charge is -2.25. The van der Waals surface area contributed by atoms with Crippen molar-refractivity contribution < 1.29 is 18.9 Å². The van der Waals surface area contributed by atoms with Gasteiger partial charge in [0.25, 0.3) is 0 Å². The maximum atomic E-state index is 11.9. The second kappa shape index (κ2) is 8.39. The fourth-order valence-corrected chi connectivity index (χ4v) is 4.03. The summed E-state index contributed by atoms with van der Waals surface area (Å²) in [5, 5.41) is 3.94. The third-order valence-electron chi connectivity index (χ3n) is 4.12. The molecule has 0 radical (unpaired) electrons. The van der Waals surface area contributed by atoms with Crippen molar-refractivity contribution in [1.29, 1.82) is 0 Å². The summed E-state index contributed by atoms with van der Waals surface area (Å²) in [4.78, 5) is 9.80. The number of benzene rings is 2. The van der Waals surface area contributed by atoms with Crippen LogP contribution in [-0.2, 0) is 11.0 Å². The Bertz CT molecular complexity index is 787. The van der Waals surface area contributed by atoms with Gasteiger partial charge in [-0.05, 0) is 32.1 Å². The molecule has 0 aliphatic carbocycles. The number of rotatable bonds is 8. The molecule has 0 aromatic heterocycles. The Morgan fingerprint density at radius 3 is 2.48 bits per heavy atom. The Morgan fingerprint density at radius 2 is 1.92 bits per heavy atom. The minimum Gasteiger partial charge on any atom is -0.496 e. The van der Waals surface area contributed by atoms with Crippen molar-refractivity contribution in [2.24, 2.45) is 0 Å². The molecule has 0 aliphatic heterocycles. The van der Waals surface area contributed by atoms with E-state index in [2.05, 4.69) is 5.09 Å². The molecule has 138 valence electrons. The van der Waals surface area contributed by atoms with Crippen LogP contribution in [0, 0.1) is 0 Å². The Kier molecular flexibility index (Phi) is 6.72. The number of alkyl halides is 1. The van der Waals surface area contributed by atoms with Crippen LogP contribution >= 0.6 is 19.3 Å². The highest BCUT2D eigenvalue weighted by Crippen LogP contribution is 2.40. The van der Waals surface area contributed by atoms with Crippen LogP contribution in [0.2, 0.25) is 0 Å². The second-order valence-electron chi connectivity index (χ2n) is 5.73. The van der Waals surface area contributed by atoms with E-state index in [1.165, 1.54) is 11.7 Å². The highest BCUT2D eigenvalue weighted by atomic mass is 35.5. The van der Waals surface area contributed by atoms with Crippen LogP contribution in [0.5, 0.6) is 11.5 Å². The van der Waals surface area contributed by atoms with E-state index in [4.69, 9.17) is 21.1 Å². The van der Waals surface area contributed by atoms with Gasteiger partial charge < -0.3 is 14.4 Å². The fourth-order valence-electron chi connectivity index (χ4n) is 2.80. The van der Waals surface area contributed by atoms with Crippen molar-refractivity contribution in [2.75, 3.05) is 34.9 Å². The van der Waals surface area contributed by atoms with Crippen molar-refractivity contribution in [1.82, 2.24) is 9.76 Å². The molecule has 0 amide bonds. The van der Waals surface area contributed by atoms with Crippen molar-refractivity contribution in [3.63, 3.8) is 0 Å². The maximum Gasteiger partial charge on any atom is 0.340 e. The molecule has 0 bridgehead atoms. The minimum atomic E-state index is -3.55. The molecule has 0 heterocycles. The van der Waals surface area contributed by atoms with Crippen LogP contribution in [0.1, 0.15) is 5.56 Å². The van der Waals surface area contributed by atoms with Crippen molar-refractivity contribution in [3.8, 4) is 11.5 Å². The quantitative estimate of drug-likeness (QED) is 0.536. The van der Waals surface area contributed by atoms with E-state index in [0.717, 1.165) is 27.8 Å². The number of hydrogen-bond acceptors (Lipinski definition) is 3. The van der Waals surface area contributed by atoms with Crippen LogP contribution in [0.15, 0.2) is 30.3 Å². The largest absolute Gasteiger partial charge is 0.496 e. The SMILES string of the molecule is CNP(=O)(O)N(C)CC(Cl)Cc1cc(OC)c2ccccc2c1OC. The number of hydrogen-bond donors (Lipinski definition) is 2. The first kappa shape index (κ1) is 20.0. The number of halogens is 1. The summed E-state index contributed by atoms with van der Waals surface area (Å²) in [5.74, 6) is 1.48. The van der Waals surface area contributed by atoms with E-state index in [0.29, 0.717) is 6.42 Å². The van der Waals surface area contributed by atoms with Crippen molar-refractivity contribution in [3.05, 3.63) is 35.9 Å². The molecule has 2 rings (SSSR count). The van der Waals surface area contributed by atoms with Crippen LogP contribution in [0.3, 0.4) is 0 Å². The Morgan fingerprint density at radius 1 is 1.28 bits per heavy atom. The predicted octanol–water partition coefficient (Wildman–Crippen LogP) is 3.26. The highest BCUT2D eigenvalue weighted by molar-refractivity contribution is 7.53. The smallest absolute Gasteiger partial charge is 0.340 e. The molecule has 2 unspecified atom stereocenters. The monoisotopic (exact) mass is 386 g/mol. The van der Waals surface area contributed by atoms with Gasteiger partial charge in [-0.2, -0.15) is 0 Å². The van der Waals surface area contributed by atoms with Crippen molar-refractivity contribution in [2.45, 2.75) is 11.8 Å². The first-order valence-electron chi connectivity index (χ1n) is 7.84. The minimum absolute atomic E-state index is 0.245. The normalized spacial score (nSPS) is 15.2. The third-order valence-corrected chi connectivity index (χ3v) is 6.08. The molecule has 0 fully saturated rings. The summed E-state index contributed by atoms with van der Waals surface area (Å²) < 4.78 is 24.4. The molecule has 2 atom stereocenters. The summed E-state index contributed by atoms with van der Waals surface area (Å²) in [6.45, 7) is 0.245. The average molecular weight is 387 g/mol. The lowest BCUT2D eigenvalue weighted by atomic mass is 10.0. The Labute approximate surface area is 153 Å². The van der Waals surface area contributed by atoms with Crippen LogP contribution in [0.25, 0.3) is 10.8 Å². The number of ether oxygens (including phenoxy) is 2. The zero-order valence-corrected chi connectivity index (χ0v) is 16.5. The molecule has 2 aromatic carbocycles. The first-order valence-corrected chi connectivity index (χ1v) is 9.89. The molecule has 0 saturated heterocycles. The molecular weight excluding hydrogens is 363 g/mol. The van der Waals surface area contributed by atoms with Gasteiger partial charge in [-0.1, -0.05) is 24.3 Å². The molecule has 2 aromatic rings. The van der Waals surface area contributed by atoms with E-state index in [1.54, 1.807) is 21.3 Å². The van der Waals surface area contributed by atoms with Gasteiger partial charge in [0.05, 0.1) is 19.6 Å². The van der Waals surface area contributed by atoms with Gasteiger partial charge in [-0.3, -0.25) is 4.57 Å². The van der Waals surface area contributed by atoms with Gasteiger partial charge in [0.2, 0.25) is 0 Å². The van der Waals surface area contributed by atoms with E-state index in [1.807, 2.05) is 30.3 Å². The maximum absolute atomic E-state index is 11.9. The Hall–Kier alpha value is -1.30. The molecule has 2 N–H and O–H groups in total. The van der Waals surface area contributed by atoms with E-state index in [-0.39, 0.29) is 11.9 Å². The van der Waals surface area contributed by atoms with E-state index >= 15 is 0 Å². The molecule has 8 heteroatoms. The van der Waals surface area contributed by atoms with Crippen LogP contribution < -0.4 is 14.6 Å². The van der Waals surface area contributed by atoms with Gasteiger partial charge in [0.1, 0.15) is 11.5 Å². The average Bonchev–Trinajstić information content (AvgIpc) is 2.60. The van der Waals surface area contributed by atoms with E-state index in [9.17, 15) is 9.46 Å². The summed E-state index contributed by atoms with van der Waals surface area (Å²) in [6.07, 6.45) is 0.472. The summed E-state index contributed by atoms with van der Waals surface area (Å²) >= 11 is 6.45. The molecule has 6 nitrogen and oxygen atoms in total. The highest BCUT2D eigenvalue weighted by Gasteiger charge is 2.25. The van der Waals surface area contributed by atoms with Gasteiger partial charge in [0.15, 0.2) is 0 Å². The molecular formula is C17H24ClN2O4P. The number of methoxy groups -OCH3 is 2. The van der Waals surface area contributed by atoms with Gasteiger partial charge in [0, 0.05) is 17.3 Å². The molecule has 0 spiro atoms. The van der Waals surface area contributed by atoms with E-state index < -0.39 is 7.67 Å². The van der Waals surface area contributed by atoms with Gasteiger partial charge in [-0.15, -0.1) is 11.6 Å². The van der Waals surface area contributed by atoms with Crippen LogP contribution in [-0.4, -0.2) is 49.8 Å². The zero-order valence-electron chi connectivity index (χ0n) is 14.8. The second-order valence-corrected chi connectivity index (χ2v) is 8.56. The topological polar surface area (TPSA) is 71.0 Å². The molecule has 0 aliphatic rings. The van der Waals surface area contributed by atoms with Gasteiger partial charge >= 0.3 is 7.67 Å². The zero-order chi connectivity index (χ0) is 18.6. The number of nitrogens with one attached hydrogen (secondary N) is 1.